The van der Waals surface area contributed by atoms with Crippen LogP contribution in [0.15, 0.2) is 49.7 Å². The quantitative estimate of drug-likeness (QED) is 0.190. The van der Waals surface area contributed by atoms with Crippen molar-refractivity contribution >= 4 is 137 Å². The van der Waals surface area contributed by atoms with Gasteiger partial charge in [-0.2, -0.15) is 0 Å². The molecule has 0 saturated heterocycles. The Morgan fingerprint density at radius 3 is 2.10 bits per heavy atom. The number of benzene rings is 1. The Bertz CT molecular complexity index is 2330. The van der Waals surface area contributed by atoms with E-state index in [0.717, 1.165) is 41.4 Å². The van der Waals surface area contributed by atoms with E-state index in [9.17, 15) is 19.8 Å². The normalized spacial score (nSPS) is 15.7. The Kier molecular flexibility index (Phi) is 5.14. The predicted molar refractivity (Wildman–Crippen MR) is 165 cm³/mol. The molecule has 0 bridgehead atoms. The lowest BCUT2D eigenvalue weighted by atomic mass is 9.85. The molecule has 198 valence electrons. The maximum atomic E-state index is 17.0. The molecule has 2 N–H and O–H groups in total. The van der Waals surface area contributed by atoms with Crippen molar-refractivity contribution < 1.29 is 28.4 Å². The second-order valence-corrected chi connectivity index (χ2v) is 16.3. The first-order chi connectivity index (χ1) is 19.0. The molecule has 0 saturated carbocycles. The van der Waals surface area contributed by atoms with E-state index in [1.54, 1.807) is 12.1 Å². The molecule has 0 atom stereocenters. The third-order valence-electron chi connectivity index (χ3n) is 7.06. The molecule has 2 aliphatic rings. The molecular formula is C25H9BBr2F2N2O4S4. The zero-order valence-electron chi connectivity index (χ0n) is 19.4. The molecule has 0 spiro atoms. The molecule has 5 aromatic heterocycles. The monoisotopic (exact) mass is 736 g/mol. The van der Waals surface area contributed by atoms with E-state index >= 15 is 8.63 Å². The largest absolute Gasteiger partial charge is 0.738 e. The van der Waals surface area contributed by atoms with Gasteiger partial charge in [-0.05, 0) is 73.8 Å². The van der Waals surface area contributed by atoms with Crippen LogP contribution in [0.2, 0.25) is 0 Å². The van der Waals surface area contributed by atoms with Gasteiger partial charge in [-0.25, -0.2) is 9.59 Å². The number of carbonyl (C=O) groups is 2. The van der Waals surface area contributed by atoms with Crippen molar-refractivity contribution in [2.24, 2.45) is 0 Å². The van der Waals surface area contributed by atoms with E-state index < -0.39 is 18.9 Å². The summed E-state index contributed by atoms with van der Waals surface area (Å²) in [6.07, 6.45) is 1.71. The molecule has 15 heteroatoms. The SMILES string of the molecule is O=C(O)c1cc(C(=O)O)cc(C2=C3C=c4sc5cc(Br)sc5c4=[N+]3[B-](F)(F)n3c2cc2sc4cc(Br)sc4c23)c1. The Hall–Kier alpha value is -2.69. The highest BCUT2D eigenvalue weighted by Gasteiger charge is 2.54. The number of rotatable bonds is 3. The summed E-state index contributed by atoms with van der Waals surface area (Å²) in [6, 6.07) is 9.32. The summed E-state index contributed by atoms with van der Waals surface area (Å²) < 4.78 is 42.4. The molecule has 6 nitrogen and oxygen atoms in total. The average Bonchev–Trinajstić information content (AvgIpc) is 3.68. The smallest absolute Gasteiger partial charge is 0.478 e. The van der Waals surface area contributed by atoms with Crippen molar-refractivity contribution in [2.75, 3.05) is 0 Å². The number of nitrogens with zero attached hydrogens (tertiary/aromatic N) is 2. The van der Waals surface area contributed by atoms with Crippen LogP contribution in [-0.2, 0) is 0 Å². The predicted octanol–water partition coefficient (Wildman–Crippen LogP) is 7.10. The summed E-state index contributed by atoms with van der Waals surface area (Å²) in [7, 11) is 0. The highest BCUT2D eigenvalue weighted by molar-refractivity contribution is 9.11. The Balaban J connectivity index is 1.58. The lowest BCUT2D eigenvalue weighted by Gasteiger charge is -2.31. The van der Waals surface area contributed by atoms with Gasteiger partial charge in [0.05, 0.1) is 38.4 Å². The molecule has 0 radical (unpaired) electrons. The van der Waals surface area contributed by atoms with Crippen molar-refractivity contribution in [2.45, 2.75) is 0 Å². The standard InChI is InChI=1S/C25H9BBr2F2N2O4S4/c27-17-6-15-22(39-17)20-13(37-15)4-11-19(8-1-9(24(33)34)3-10(2-8)25(35)36)12-5-14-21(32(12)26(29,30)31(11)20)23-16(38-14)7-18(28)40-23/h1-7H,(H,33,34)(H,35,36). The van der Waals surface area contributed by atoms with Crippen LogP contribution in [0.1, 0.15) is 32.0 Å². The summed E-state index contributed by atoms with van der Waals surface area (Å²) in [4.78, 5) is 23.9. The molecule has 1 aromatic carbocycles. The number of carboxylic acid groups (broad SMARTS) is 2. The van der Waals surface area contributed by atoms with E-state index in [0.29, 0.717) is 25.7 Å². The number of thiophene rings is 4. The highest BCUT2D eigenvalue weighted by atomic mass is 79.9. The van der Waals surface area contributed by atoms with Crippen LogP contribution in [0, 0.1) is 0 Å². The number of aromatic nitrogens is 1. The maximum Gasteiger partial charge on any atom is 0.738 e. The Morgan fingerprint density at radius 1 is 0.825 bits per heavy atom. The number of fused-ring (bicyclic) bond motifs is 9. The van der Waals surface area contributed by atoms with Crippen molar-refractivity contribution in [3.63, 3.8) is 0 Å². The van der Waals surface area contributed by atoms with Crippen molar-refractivity contribution in [3.8, 4) is 0 Å². The van der Waals surface area contributed by atoms with Gasteiger partial charge < -0.3 is 27.8 Å². The van der Waals surface area contributed by atoms with E-state index in [1.165, 1.54) is 57.5 Å². The lowest BCUT2D eigenvalue weighted by molar-refractivity contribution is 0.0696. The average molecular weight is 738 g/mol. The second-order valence-electron chi connectivity index (χ2n) is 9.29. The van der Waals surface area contributed by atoms with Gasteiger partial charge in [0.2, 0.25) is 0 Å². The summed E-state index contributed by atoms with van der Waals surface area (Å²) in [6.45, 7) is -4.40. The molecule has 0 unspecified atom stereocenters. The molecule has 0 amide bonds. The van der Waals surface area contributed by atoms with Crippen molar-refractivity contribution in [3.05, 3.63) is 81.9 Å². The zero-order valence-corrected chi connectivity index (χ0v) is 25.8. The first kappa shape index (κ1) is 25.1. The lowest BCUT2D eigenvalue weighted by Crippen LogP contribution is -2.56. The van der Waals surface area contributed by atoms with Crippen LogP contribution in [0.4, 0.5) is 8.63 Å². The minimum absolute atomic E-state index is 0.220. The molecule has 2 aliphatic heterocycles. The van der Waals surface area contributed by atoms with Crippen LogP contribution < -0.4 is 14.4 Å². The van der Waals surface area contributed by atoms with Gasteiger partial charge in [0.1, 0.15) is 9.23 Å². The summed E-state index contributed by atoms with van der Waals surface area (Å²) >= 11 is 12.5. The number of hydrogen-bond acceptors (Lipinski definition) is 6. The fourth-order valence-electron chi connectivity index (χ4n) is 5.60. The van der Waals surface area contributed by atoms with E-state index in [1.807, 2.05) is 12.1 Å². The van der Waals surface area contributed by atoms with Gasteiger partial charge in [0.15, 0.2) is 11.1 Å². The topological polar surface area (TPSA) is 82.5 Å². The van der Waals surface area contributed by atoms with E-state index in [-0.39, 0.29) is 28.1 Å². The fraction of sp³-hybridized carbons (Fsp3) is 0. The van der Waals surface area contributed by atoms with Crippen LogP contribution >= 0.6 is 77.2 Å². The number of halogens is 4. The van der Waals surface area contributed by atoms with Crippen LogP contribution in [0.3, 0.4) is 0 Å². The van der Waals surface area contributed by atoms with E-state index in [2.05, 4.69) is 31.9 Å². The number of carboxylic acids is 2. The minimum Gasteiger partial charge on any atom is -0.478 e. The first-order valence-electron chi connectivity index (χ1n) is 11.5. The molecule has 0 fully saturated rings. The van der Waals surface area contributed by atoms with Gasteiger partial charge in [-0.15, -0.1) is 45.3 Å². The van der Waals surface area contributed by atoms with Crippen molar-refractivity contribution in [1.29, 1.82) is 0 Å². The Morgan fingerprint density at radius 2 is 1.45 bits per heavy atom. The zero-order chi connectivity index (χ0) is 27.8. The van der Waals surface area contributed by atoms with Gasteiger partial charge in [0.25, 0.3) is 0 Å². The van der Waals surface area contributed by atoms with Gasteiger partial charge in [0, 0.05) is 22.0 Å². The van der Waals surface area contributed by atoms with Gasteiger partial charge in [-0.3, -0.25) is 0 Å². The molecule has 7 heterocycles. The molecule has 6 aromatic rings. The molecule has 8 rings (SSSR count). The summed E-state index contributed by atoms with van der Waals surface area (Å²) in [5, 5.41) is 19.9. The second kappa shape index (κ2) is 8.20. The highest BCUT2D eigenvalue weighted by Crippen LogP contribution is 2.48. The third kappa shape index (κ3) is 3.24. The number of hydrogen-bond donors (Lipinski definition) is 2. The molecular weight excluding hydrogens is 729 g/mol. The summed E-state index contributed by atoms with van der Waals surface area (Å²) in [5.74, 6) is -2.61. The number of allylic oxidation sites excluding steroid dienone is 1. The fourth-order valence-corrected chi connectivity index (χ4v) is 11.9. The van der Waals surface area contributed by atoms with E-state index in [4.69, 9.17) is 0 Å². The molecule has 0 aliphatic carbocycles. The number of aromatic carboxylic acids is 2. The maximum absolute atomic E-state index is 17.0. The van der Waals surface area contributed by atoms with Gasteiger partial charge in [-0.1, -0.05) is 0 Å². The molecule has 40 heavy (non-hydrogen) atoms. The minimum atomic E-state index is -4.40. The van der Waals surface area contributed by atoms with Gasteiger partial charge >= 0.3 is 18.9 Å². The van der Waals surface area contributed by atoms with Crippen LogP contribution in [0.25, 0.3) is 40.7 Å². The van der Waals surface area contributed by atoms with Crippen molar-refractivity contribution in [1.82, 2.24) is 8.96 Å². The third-order valence-corrected chi connectivity index (χ3v) is 12.8. The Labute approximate surface area is 254 Å². The van der Waals surface area contributed by atoms with Crippen LogP contribution in [0.5, 0.6) is 0 Å². The van der Waals surface area contributed by atoms with Crippen LogP contribution in [-0.4, -0.2) is 33.6 Å². The first-order valence-corrected chi connectivity index (χ1v) is 16.4. The summed E-state index contributed by atoms with van der Waals surface area (Å²) in [5.41, 5.74) is 0.979.